The summed E-state index contributed by atoms with van der Waals surface area (Å²) in [5.74, 6) is 0.396. The Kier molecular flexibility index (Phi) is 7.19. The zero-order valence-corrected chi connectivity index (χ0v) is 18.1. The summed E-state index contributed by atoms with van der Waals surface area (Å²) >= 11 is 1.57. The van der Waals surface area contributed by atoms with Gasteiger partial charge >= 0.3 is 0 Å². The molecule has 0 saturated carbocycles. The summed E-state index contributed by atoms with van der Waals surface area (Å²) in [7, 11) is 0. The van der Waals surface area contributed by atoms with Crippen molar-refractivity contribution < 1.29 is 14.3 Å². The van der Waals surface area contributed by atoms with Crippen LogP contribution in [0.2, 0.25) is 0 Å². The number of ether oxygens (including phenoxy) is 1. The van der Waals surface area contributed by atoms with Crippen molar-refractivity contribution in [2.24, 2.45) is 5.92 Å². The van der Waals surface area contributed by atoms with Crippen LogP contribution in [0.25, 0.3) is 0 Å². The monoisotopic (exact) mass is 423 g/mol. The molecule has 0 unspecified atom stereocenters. The molecule has 1 aromatic heterocycles. The number of nitrogens with one attached hydrogen (secondary N) is 2. The van der Waals surface area contributed by atoms with Crippen molar-refractivity contribution >= 4 is 28.8 Å². The number of carbonyl (C=O) groups excluding carboxylic acids is 2. The molecule has 3 aromatic rings. The number of nitrogens with zero attached hydrogens (tertiary/aromatic N) is 1. The molecule has 0 aliphatic heterocycles. The number of aromatic nitrogens is 1. The molecular formula is C23H25N3O3S. The first-order valence-electron chi connectivity index (χ1n) is 9.75. The number of thiazole rings is 1. The van der Waals surface area contributed by atoms with Gasteiger partial charge in [-0.3, -0.25) is 9.59 Å². The van der Waals surface area contributed by atoms with Gasteiger partial charge in [0.05, 0.1) is 22.0 Å². The van der Waals surface area contributed by atoms with E-state index in [2.05, 4.69) is 15.6 Å². The van der Waals surface area contributed by atoms with Crippen LogP contribution >= 0.6 is 11.3 Å². The summed E-state index contributed by atoms with van der Waals surface area (Å²) in [5, 5.41) is 8.65. The average Bonchev–Trinajstić information content (AvgIpc) is 3.16. The van der Waals surface area contributed by atoms with Crippen LogP contribution in [0.3, 0.4) is 0 Å². The van der Waals surface area contributed by atoms with Gasteiger partial charge in [-0.15, -0.1) is 11.3 Å². The van der Waals surface area contributed by atoms with Gasteiger partial charge in [0.2, 0.25) is 0 Å². The third-order valence-corrected chi connectivity index (χ3v) is 5.06. The number of para-hydroxylation sites is 1. The maximum absolute atomic E-state index is 12.8. The molecular weight excluding hydrogens is 398 g/mol. The molecule has 7 heteroatoms. The highest BCUT2D eigenvalue weighted by atomic mass is 32.1. The van der Waals surface area contributed by atoms with Gasteiger partial charge in [-0.25, -0.2) is 4.98 Å². The van der Waals surface area contributed by atoms with Crippen LogP contribution in [0.4, 0.5) is 5.69 Å². The summed E-state index contributed by atoms with van der Waals surface area (Å²) in [6.45, 7) is 6.91. The number of hydrogen-bond acceptors (Lipinski definition) is 5. The second kappa shape index (κ2) is 10.0. The highest BCUT2D eigenvalue weighted by Gasteiger charge is 2.14. The molecule has 0 fully saturated rings. The molecule has 2 aromatic carbocycles. The second-order valence-corrected chi connectivity index (χ2v) is 8.34. The fraction of sp³-hybridized carbons (Fsp3) is 0.261. The molecule has 0 saturated heterocycles. The minimum Gasteiger partial charge on any atom is -0.487 e. The van der Waals surface area contributed by atoms with E-state index in [1.807, 2.05) is 26.2 Å². The molecule has 6 nitrogen and oxygen atoms in total. The van der Waals surface area contributed by atoms with Crippen molar-refractivity contribution in [2.75, 3.05) is 11.9 Å². The summed E-state index contributed by atoms with van der Waals surface area (Å²) in [5.41, 5.74) is 2.19. The van der Waals surface area contributed by atoms with E-state index in [0.29, 0.717) is 41.6 Å². The highest BCUT2D eigenvalue weighted by molar-refractivity contribution is 7.09. The van der Waals surface area contributed by atoms with Crippen LogP contribution in [-0.2, 0) is 6.61 Å². The Hall–Kier alpha value is -3.19. The number of aryl methyl sites for hydroxylation is 1. The lowest BCUT2D eigenvalue weighted by Crippen LogP contribution is -2.28. The van der Waals surface area contributed by atoms with E-state index >= 15 is 0 Å². The SMILES string of the molecule is Cc1nc(COc2cccc(C(=O)Nc3ccccc3C(=O)NCC(C)C)c2)cs1. The zero-order chi connectivity index (χ0) is 21.5. The van der Waals surface area contributed by atoms with Crippen molar-refractivity contribution in [1.29, 1.82) is 0 Å². The Bertz CT molecular complexity index is 1030. The number of hydrogen-bond donors (Lipinski definition) is 2. The third-order valence-electron chi connectivity index (χ3n) is 4.24. The van der Waals surface area contributed by atoms with Gasteiger partial charge in [0, 0.05) is 17.5 Å². The number of amides is 2. The zero-order valence-electron chi connectivity index (χ0n) is 17.3. The van der Waals surface area contributed by atoms with Crippen LogP contribution in [0.5, 0.6) is 5.75 Å². The molecule has 2 N–H and O–H groups in total. The molecule has 0 radical (unpaired) electrons. The fourth-order valence-corrected chi connectivity index (χ4v) is 3.33. The maximum atomic E-state index is 12.8. The second-order valence-electron chi connectivity index (χ2n) is 7.28. The Morgan fingerprint density at radius 2 is 1.90 bits per heavy atom. The lowest BCUT2D eigenvalue weighted by molar-refractivity contribution is 0.0950. The van der Waals surface area contributed by atoms with Crippen LogP contribution in [-0.4, -0.2) is 23.3 Å². The molecule has 0 bridgehead atoms. The molecule has 1 heterocycles. The van der Waals surface area contributed by atoms with Gasteiger partial charge in [0.15, 0.2) is 0 Å². The summed E-state index contributed by atoms with van der Waals surface area (Å²) in [6.07, 6.45) is 0. The Labute approximate surface area is 180 Å². The normalized spacial score (nSPS) is 10.7. The van der Waals surface area contributed by atoms with E-state index in [-0.39, 0.29) is 11.8 Å². The minimum absolute atomic E-state index is 0.213. The molecule has 2 amide bonds. The quantitative estimate of drug-likeness (QED) is 0.552. The van der Waals surface area contributed by atoms with Crippen LogP contribution in [0.15, 0.2) is 53.9 Å². The van der Waals surface area contributed by atoms with Crippen LogP contribution in [0, 0.1) is 12.8 Å². The fourth-order valence-electron chi connectivity index (χ4n) is 2.74. The molecule has 156 valence electrons. The first-order chi connectivity index (χ1) is 14.4. The number of anilines is 1. The van der Waals surface area contributed by atoms with Crippen LogP contribution in [0.1, 0.15) is 45.3 Å². The Balaban J connectivity index is 1.68. The van der Waals surface area contributed by atoms with E-state index in [4.69, 9.17) is 4.74 Å². The van der Waals surface area contributed by atoms with Gasteiger partial charge in [-0.1, -0.05) is 32.0 Å². The van der Waals surface area contributed by atoms with Crippen molar-refractivity contribution in [3.63, 3.8) is 0 Å². The molecule has 0 spiro atoms. The van der Waals surface area contributed by atoms with E-state index < -0.39 is 0 Å². The van der Waals surface area contributed by atoms with Gasteiger partial charge < -0.3 is 15.4 Å². The Morgan fingerprint density at radius 1 is 1.10 bits per heavy atom. The molecule has 30 heavy (non-hydrogen) atoms. The lowest BCUT2D eigenvalue weighted by Gasteiger charge is -2.13. The smallest absolute Gasteiger partial charge is 0.255 e. The molecule has 0 aliphatic carbocycles. The number of rotatable bonds is 8. The number of carbonyl (C=O) groups is 2. The predicted octanol–water partition coefficient (Wildman–Crippen LogP) is 4.67. The third kappa shape index (κ3) is 5.90. The highest BCUT2D eigenvalue weighted by Crippen LogP contribution is 2.20. The van der Waals surface area contributed by atoms with Crippen molar-refractivity contribution in [1.82, 2.24) is 10.3 Å². The maximum Gasteiger partial charge on any atom is 0.255 e. The Morgan fingerprint density at radius 3 is 2.63 bits per heavy atom. The van der Waals surface area contributed by atoms with Gasteiger partial charge in [-0.05, 0) is 43.2 Å². The summed E-state index contributed by atoms with van der Waals surface area (Å²) in [4.78, 5) is 29.6. The lowest BCUT2D eigenvalue weighted by atomic mass is 10.1. The first kappa shape index (κ1) is 21.5. The van der Waals surface area contributed by atoms with Gasteiger partial charge in [0.25, 0.3) is 11.8 Å². The molecule has 3 rings (SSSR count). The van der Waals surface area contributed by atoms with E-state index in [1.165, 1.54) is 0 Å². The van der Waals surface area contributed by atoms with Crippen molar-refractivity contribution in [2.45, 2.75) is 27.4 Å². The van der Waals surface area contributed by atoms with Crippen molar-refractivity contribution in [3.05, 3.63) is 75.7 Å². The van der Waals surface area contributed by atoms with E-state index in [0.717, 1.165) is 10.7 Å². The summed E-state index contributed by atoms with van der Waals surface area (Å²) < 4.78 is 5.76. The molecule has 0 atom stereocenters. The van der Waals surface area contributed by atoms with E-state index in [1.54, 1.807) is 59.9 Å². The first-order valence-corrected chi connectivity index (χ1v) is 10.6. The average molecular weight is 424 g/mol. The largest absolute Gasteiger partial charge is 0.487 e. The van der Waals surface area contributed by atoms with Gasteiger partial charge in [-0.2, -0.15) is 0 Å². The minimum atomic E-state index is -0.311. The predicted molar refractivity (Wildman–Crippen MR) is 119 cm³/mol. The van der Waals surface area contributed by atoms with Gasteiger partial charge in [0.1, 0.15) is 12.4 Å². The topological polar surface area (TPSA) is 80.3 Å². The van der Waals surface area contributed by atoms with Crippen molar-refractivity contribution in [3.8, 4) is 5.75 Å². The standard InChI is InChI=1S/C23H25N3O3S/c1-15(2)12-24-23(28)20-9-4-5-10-21(20)26-22(27)17-7-6-8-19(11-17)29-13-18-14-30-16(3)25-18/h4-11,14-15H,12-13H2,1-3H3,(H,24,28)(H,26,27). The summed E-state index contributed by atoms with van der Waals surface area (Å²) in [6, 6.07) is 13.9. The number of benzene rings is 2. The molecule has 0 aliphatic rings. The van der Waals surface area contributed by atoms with E-state index in [9.17, 15) is 9.59 Å². The van der Waals surface area contributed by atoms with Crippen LogP contribution < -0.4 is 15.4 Å².